The molecule has 2 heterocycles. The molecule has 0 unspecified atom stereocenters. The van der Waals surface area contributed by atoms with E-state index in [0.717, 1.165) is 11.2 Å². The maximum absolute atomic E-state index is 6.31. The molecule has 0 spiro atoms. The average molecular weight is 428 g/mol. The van der Waals surface area contributed by atoms with Gasteiger partial charge in [0, 0.05) is 23.1 Å². The molecule has 0 fully saturated rings. The van der Waals surface area contributed by atoms with Crippen LogP contribution in [0.5, 0.6) is 0 Å². The van der Waals surface area contributed by atoms with Crippen LogP contribution in [-0.2, 0) is 7.05 Å². The summed E-state index contributed by atoms with van der Waals surface area (Å²) in [5.41, 5.74) is 6.82. The first-order chi connectivity index (χ1) is 16.1. The SMILES string of the molecule is Cc1ccccc1-n1c(C)[n+](C)c2c3ccc4oc5cc6ccccc6cc5c4c3ccc21. The summed E-state index contributed by atoms with van der Waals surface area (Å²) in [6.07, 6.45) is 0. The molecule has 7 rings (SSSR count). The molecule has 0 radical (unpaired) electrons. The van der Waals surface area contributed by atoms with Gasteiger partial charge in [-0.15, -0.1) is 0 Å². The molecular formula is C30H23N2O+. The standard InChI is InChI=1S/C30H23N2O/c1-18-8-4-7-11-25(18)32-19(2)31(3)30-23-13-15-27-29(22(23)12-14-26(30)32)24-16-20-9-5-6-10-21(20)17-28(24)33-27/h4-17H,1-3H3/q+1. The lowest BCUT2D eigenvalue weighted by molar-refractivity contribution is -0.651. The van der Waals surface area contributed by atoms with Crippen molar-refractivity contribution in [3.8, 4) is 5.69 Å². The highest BCUT2D eigenvalue weighted by Gasteiger charge is 2.25. The normalized spacial score (nSPS) is 12.1. The molecule has 0 saturated heterocycles. The fraction of sp³-hybridized carbons (Fsp3) is 0.100. The lowest BCUT2D eigenvalue weighted by Crippen LogP contribution is -2.31. The molecule has 0 atom stereocenters. The molecule has 0 amide bonds. The topological polar surface area (TPSA) is 21.9 Å². The van der Waals surface area contributed by atoms with Crippen LogP contribution >= 0.6 is 0 Å². The van der Waals surface area contributed by atoms with Crippen LogP contribution in [-0.4, -0.2) is 4.57 Å². The van der Waals surface area contributed by atoms with Crippen molar-refractivity contribution in [3.05, 3.63) is 96.3 Å². The quantitative estimate of drug-likeness (QED) is 0.252. The van der Waals surface area contributed by atoms with E-state index in [0.29, 0.717) is 0 Å². The third-order valence-corrected chi connectivity index (χ3v) is 7.19. The van der Waals surface area contributed by atoms with E-state index in [1.807, 2.05) is 0 Å². The van der Waals surface area contributed by atoms with Crippen LogP contribution < -0.4 is 4.57 Å². The number of hydrogen-bond donors (Lipinski definition) is 0. The number of aromatic nitrogens is 2. The number of hydrogen-bond acceptors (Lipinski definition) is 1. The van der Waals surface area contributed by atoms with E-state index in [1.165, 1.54) is 60.4 Å². The first kappa shape index (κ1) is 18.5. The minimum Gasteiger partial charge on any atom is -0.456 e. The predicted octanol–water partition coefficient (Wildman–Crippen LogP) is 7.28. The van der Waals surface area contributed by atoms with Gasteiger partial charge < -0.3 is 4.42 Å². The van der Waals surface area contributed by atoms with E-state index in [-0.39, 0.29) is 0 Å². The van der Waals surface area contributed by atoms with E-state index >= 15 is 0 Å². The van der Waals surface area contributed by atoms with Crippen molar-refractivity contribution in [2.24, 2.45) is 7.05 Å². The monoisotopic (exact) mass is 427 g/mol. The summed E-state index contributed by atoms with van der Waals surface area (Å²) in [5.74, 6) is 1.20. The molecule has 7 aromatic rings. The summed E-state index contributed by atoms with van der Waals surface area (Å²) in [7, 11) is 2.16. The Morgan fingerprint density at radius 3 is 2.24 bits per heavy atom. The number of nitrogens with zero attached hydrogens (tertiary/aromatic N) is 2. The molecule has 3 nitrogen and oxygen atoms in total. The van der Waals surface area contributed by atoms with E-state index in [9.17, 15) is 0 Å². The lowest BCUT2D eigenvalue weighted by Gasteiger charge is -2.04. The van der Waals surface area contributed by atoms with Crippen molar-refractivity contribution >= 4 is 54.5 Å². The van der Waals surface area contributed by atoms with E-state index in [4.69, 9.17) is 4.42 Å². The number of imidazole rings is 1. The number of aryl methyl sites for hydroxylation is 2. The number of benzene rings is 5. The van der Waals surface area contributed by atoms with E-state index in [2.05, 4.69) is 115 Å². The number of para-hydroxylation sites is 1. The van der Waals surface area contributed by atoms with Gasteiger partial charge in [-0.1, -0.05) is 42.5 Å². The summed E-state index contributed by atoms with van der Waals surface area (Å²) >= 11 is 0. The Morgan fingerprint density at radius 1 is 0.697 bits per heavy atom. The Labute approximate surface area is 191 Å². The fourth-order valence-corrected chi connectivity index (χ4v) is 5.48. The summed E-state index contributed by atoms with van der Waals surface area (Å²) < 4.78 is 11.0. The van der Waals surface area contributed by atoms with E-state index in [1.54, 1.807) is 0 Å². The Bertz CT molecular complexity index is 1900. The molecule has 0 N–H and O–H groups in total. The van der Waals surface area contributed by atoms with Crippen molar-refractivity contribution < 1.29 is 8.98 Å². The highest BCUT2D eigenvalue weighted by atomic mass is 16.3. The van der Waals surface area contributed by atoms with Crippen LogP contribution in [0.25, 0.3) is 60.2 Å². The smallest absolute Gasteiger partial charge is 0.259 e. The molecule has 3 heteroatoms. The minimum atomic E-state index is 0.935. The Kier molecular flexibility index (Phi) is 3.61. The summed E-state index contributed by atoms with van der Waals surface area (Å²) in [4.78, 5) is 0. The van der Waals surface area contributed by atoms with Crippen LogP contribution in [0.3, 0.4) is 0 Å². The third kappa shape index (κ3) is 2.42. The van der Waals surface area contributed by atoms with Crippen LogP contribution in [0.2, 0.25) is 0 Å². The molecule has 2 aromatic heterocycles. The highest BCUT2D eigenvalue weighted by molar-refractivity contribution is 6.23. The maximum Gasteiger partial charge on any atom is 0.259 e. The number of furan rings is 1. The van der Waals surface area contributed by atoms with Crippen molar-refractivity contribution in [2.75, 3.05) is 0 Å². The zero-order chi connectivity index (χ0) is 22.3. The largest absolute Gasteiger partial charge is 0.456 e. The zero-order valence-electron chi connectivity index (χ0n) is 18.9. The second-order valence-electron chi connectivity index (χ2n) is 8.99. The first-order valence-electron chi connectivity index (χ1n) is 11.4. The predicted molar refractivity (Wildman–Crippen MR) is 136 cm³/mol. The Hall–Kier alpha value is -4.11. The fourth-order valence-electron chi connectivity index (χ4n) is 5.48. The summed E-state index contributed by atoms with van der Waals surface area (Å²) in [6.45, 7) is 4.36. The average Bonchev–Trinajstić information content (AvgIpc) is 3.32. The van der Waals surface area contributed by atoms with Gasteiger partial charge in [0.2, 0.25) is 0 Å². The third-order valence-electron chi connectivity index (χ3n) is 7.19. The van der Waals surface area contributed by atoms with E-state index < -0.39 is 0 Å². The Morgan fingerprint density at radius 2 is 1.42 bits per heavy atom. The molecule has 0 aliphatic rings. The Balaban J connectivity index is 1.63. The van der Waals surface area contributed by atoms with Gasteiger partial charge in [0.05, 0.1) is 7.05 Å². The maximum atomic E-state index is 6.31. The molecule has 0 aliphatic carbocycles. The van der Waals surface area contributed by atoms with Gasteiger partial charge in [-0.3, -0.25) is 0 Å². The first-order valence-corrected chi connectivity index (χ1v) is 11.4. The zero-order valence-corrected chi connectivity index (χ0v) is 18.9. The van der Waals surface area contributed by atoms with Gasteiger partial charge in [-0.2, -0.15) is 4.57 Å². The van der Waals surface area contributed by atoms with Crippen molar-refractivity contribution in [1.29, 1.82) is 0 Å². The van der Waals surface area contributed by atoms with Gasteiger partial charge in [-0.05, 0) is 71.1 Å². The van der Waals surface area contributed by atoms with Crippen molar-refractivity contribution in [3.63, 3.8) is 0 Å². The molecule has 0 saturated carbocycles. The highest BCUT2D eigenvalue weighted by Crippen LogP contribution is 2.39. The van der Waals surface area contributed by atoms with Gasteiger partial charge in [0.1, 0.15) is 16.9 Å². The molecule has 158 valence electrons. The van der Waals surface area contributed by atoms with Crippen molar-refractivity contribution in [1.82, 2.24) is 4.57 Å². The van der Waals surface area contributed by atoms with Crippen LogP contribution in [0.1, 0.15) is 11.4 Å². The molecule has 5 aromatic carbocycles. The van der Waals surface area contributed by atoms with Gasteiger partial charge in [-0.25, -0.2) is 4.57 Å². The second kappa shape index (κ2) is 6.46. The minimum absolute atomic E-state index is 0.935. The molecule has 33 heavy (non-hydrogen) atoms. The van der Waals surface area contributed by atoms with Gasteiger partial charge >= 0.3 is 0 Å². The van der Waals surface area contributed by atoms with Gasteiger partial charge in [0.15, 0.2) is 11.0 Å². The van der Waals surface area contributed by atoms with Crippen LogP contribution in [0, 0.1) is 13.8 Å². The lowest BCUT2D eigenvalue weighted by atomic mass is 10.0. The van der Waals surface area contributed by atoms with Gasteiger partial charge in [0.25, 0.3) is 5.82 Å². The molecule has 0 aliphatic heterocycles. The number of rotatable bonds is 1. The van der Waals surface area contributed by atoms with Crippen LogP contribution in [0.4, 0.5) is 0 Å². The second-order valence-corrected chi connectivity index (χ2v) is 8.99. The van der Waals surface area contributed by atoms with Crippen molar-refractivity contribution in [2.45, 2.75) is 13.8 Å². The number of fused-ring (bicyclic) bond motifs is 8. The summed E-state index contributed by atoms with van der Waals surface area (Å²) in [5, 5.41) is 7.27. The summed E-state index contributed by atoms with van der Waals surface area (Å²) in [6, 6.07) is 30.3. The molecular weight excluding hydrogens is 404 g/mol. The molecule has 0 bridgehead atoms. The van der Waals surface area contributed by atoms with Crippen LogP contribution in [0.15, 0.2) is 89.3 Å².